The van der Waals surface area contributed by atoms with Gasteiger partial charge in [0.25, 0.3) is 10.0 Å². The lowest BCUT2D eigenvalue weighted by atomic mass is 9.99. The van der Waals surface area contributed by atoms with Crippen molar-refractivity contribution < 1.29 is 8.42 Å². The fraction of sp³-hybridized carbons (Fsp3) is 0.350. The smallest absolute Gasteiger partial charge is 0.264 e. The summed E-state index contributed by atoms with van der Waals surface area (Å²) in [6, 6.07) is 16.4. The zero-order valence-electron chi connectivity index (χ0n) is 14.9. The molecule has 0 N–H and O–H groups in total. The number of aryl methyl sites for hydroxylation is 1. The Bertz CT molecular complexity index is 835. The largest absolute Gasteiger partial charge is 0.265 e. The van der Waals surface area contributed by atoms with Crippen LogP contribution in [0, 0.1) is 18.3 Å². The Balaban J connectivity index is 2.40. The molecule has 0 radical (unpaired) electrons. The Morgan fingerprint density at radius 3 is 2.20 bits per heavy atom. The maximum absolute atomic E-state index is 13.1. The van der Waals surface area contributed by atoms with E-state index in [1.54, 1.807) is 24.3 Å². The highest BCUT2D eigenvalue weighted by molar-refractivity contribution is 7.92. The standard InChI is InChI=1S/C20H24N2O2S/c1-4-17(3)18-8-12-20(13-9-18)25(23,24)22(15-5-14-21)19-10-6-16(2)7-11-19/h6-13,17H,4-5,15H2,1-3H3. The molecule has 4 nitrogen and oxygen atoms in total. The fourth-order valence-electron chi connectivity index (χ4n) is 2.58. The van der Waals surface area contributed by atoms with Crippen LogP contribution < -0.4 is 4.31 Å². The molecule has 0 heterocycles. The first-order valence-corrected chi connectivity index (χ1v) is 9.90. The summed E-state index contributed by atoms with van der Waals surface area (Å²) in [4.78, 5) is 0.248. The number of anilines is 1. The minimum absolute atomic E-state index is 0.134. The number of hydrogen-bond donors (Lipinski definition) is 0. The van der Waals surface area contributed by atoms with Crippen LogP contribution >= 0.6 is 0 Å². The summed E-state index contributed by atoms with van der Waals surface area (Å²) in [5.74, 6) is 0.392. The summed E-state index contributed by atoms with van der Waals surface area (Å²) in [5, 5.41) is 8.90. The molecule has 0 bridgehead atoms. The molecule has 2 aromatic carbocycles. The van der Waals surface area contributed by atoms with E-state index in [0.717, 1.165) is 17.5 Å². The van der Waals surface area contributed by atoms with E-state index in [-0.39, 0.29) is 17.9 Å². The highest BCUT2D eigenvalue weighted by atomic mass is 32.2. The van der Waals surface area contributed by atoms with Gasteiger partial charge in [0.1, 0.15) is 0 Å². The molecule has 1 unspecified atom stereocenters. The highest BCUT2D eigenvalue weighted by Crippen LogP contribution is 2.26. The van der Waals surface area contributed by atoms with E-state index in [2.05, 4.69) is 13.8 Å². The van der Waals surface area contributed by atoms with E-state index in [1.165, 1.54) is 4.31 Å². The van der Waals surface area contributed by atoms with Crippen LogP contribution in [0.2, 0.25) is 0 Å². The molecule has 2 aromatic rings. The first-order valence-electron chi connectivity index (χ1n) is 8.46. The third-order valence-corrected chi connectivity index (χ3v) is 6.24. The summed E-state index contributed by atoms with van der Waals surface area (Å²) < 4.78 is 27.5. The number of sulfonamides is 1. The lowest BCUT2D eigenvalue weighted by molar-refractivity contribution is 0.591. The van der Waals surface area contributed by atoms with Crippen LogP contribution in [0.15, 0.2) is 53.4 Å². The van der Waals surface area contributed by atoms with Crippen LogP contribution in [0.5, 0.6) is 0 Å². The second-order valence-electron chi connectivity index (χ2n) is 6.20. The molecule has 0 saturated heterocycles. The normalized spacial score (nSPS) is 12.4. The van der Waals surface area contributed by atoms with Gasteiger partial charge in [-0.05, 0) is 49.1 Å². The number of nitriles is 1. The van der Waals surface area contributed by atoms with Crippen molar-refractivity contribution >= 4 is 15.7 Å². The van der Waals surface area contributed by atoms with Gasteiger partial charge in [0.05, 0.1) is 23.1 Å². The molecule has 0 spiro atoms. The van der Waals surface area contributed by atoms with Crippen molar-refractivity contribution in [3.63, 3.8) is 0 Å². The Labute approximate surface area is 150 Å². The number of rotatable bonds is 7. The molecule has 1 atom stereocenters. The van der Waals surface area contributed by atoms with Gasteiger partial charge in [-0.1, -0.05) is 43.7 Å². The zero-order chi connectivity index (χ0) is 18.4. The van der Waals surface area contributed by atoms with Crippen LogP contribution in [-0.4, -0.2) is 15.0 Å². The van der Waals surface area contributed by atoms with Crippen LogP contribution in [0.1, 0.15) is 43.7 Å². The van der Waals surface area contributed by atoms with Gasteiger partial charge in [0.2, 0.25) is 0 Å². The molecule has 25 heavy (non-hydrogen) atoms. The number of hydrogen-bond acceptors (Lipinski definition) is 3. The summed E-state index contributed by atoms with van der Waals surface area (Å²) in [6.45, 7) is 6.31. The Kier molecular flexibility index (Phi) is 6.22. The van der Waals surface area contributed by atoms with Crippen molar-refractivity contribution in [3.8, 4) is 6.07 Å². The maximum Gasteiger partial charge on any atom is 0.264 e. The monoisotopic (exact) mass is 356 g/mol. The average molecular weight is 356 g/mol. The first kappa shape index (κ1) is 19.0. The van der Waals surface area contributed by atoms with E-state index in [4.69, 9.17) is 5.26 Å². The van der Waals surface area contributed by atoms with Crippen molar-refractivity contribution in [2.75, 3.05) is 10.8 Å². The molecule has 0 saturated carbocycles. The summed E-state index contributed by atoms with van der Waals surface area (Å²) in [5.41, 5.74) is 2.76. The molecule has 5 heteroatoms. The van der Waals surface area contributed by atoms with Crippen molar-refractivity contribution in [1.29, 1.82) is 5.26 Å². The zero-order valence-corrected chi connectivity index (χ0v) is 15.8. The second-order valence-corrected chi connectivity index (χ2v) is 8.06. The molecule has 0 aliphatic carbocycles. The highest BCUT2D eigenvalue weighted by Gasteiger charge is 2.24. The average Bonchev–Trinajstić information content (AvgIpc) is 2.62. The van der Waals surface area contributed by atoms with Crippen molar-refractivity contribution in [1.82, 2.24) is 0 Å². The van der Waals surface area contributed by atoms with E-state index < -0.39 is 10.0 Å². The minimum atomic E-state index is -3.71. The molecule has 0 fully saturated rings. The summed E-state index contributed by atoms with van der Waals surface area (Å²) in [6.07, 6.45) is 1.14. The van der Waals surface area contributed by atoms with Crippen LogP contribution in [0.25, 0.3) is 0 Å². The van der Waals surface area contributed by atoms with Gasteiger partial charge in [-0.25, -0.2) is 8.42 Å². The van der Waals surface area contributed by atoms with Gasteiger partial charge in [-0.2, -0.15) is 5.26 Å². The second kappa shape index (κ2) is 8.17. The molecule has 0 aliphatic heterocycles. The van der Waals surface area contributed by atoms with Crippen LogP contribution in [-0.2, 0) is 10.0 Å². The lowest BCUT2D eigenvalue weighted by Crippen LogP contribution is -2.32. The SMILES string of the molecule is CCC(C)c1ccc(S(=O)(=O)N(CCC#N)c2ccc(C)cc2)cc1. The lowest BCUT2D eigenvalue weighted by Gasteiger charge is -2.24. The van der Waals surface area contributed by atoms with E-state index in [1.807, 2.05) is 37.3 Å². The van der Waals surface area contributed by atoms with Gasteiger partial charge in [0.15, 0.2) is 0 Å². The quantitative estimate of drug-likeness (QED) is 0.727. The third kappa shape index (κ3) is 4.40. The van der Waals surface area contributed by atoms with Gasteiger partial charge in [0, 0.05) is 6.54 Å². The predicted molar refractivity (Wildman–Crippen MR) is 101 cm³/mol. The topological polar surface area (TPSA) is 61.2 Å². The van der Waals surface area contributed by atoms with E-state index in [9.17, 15) is 8.42 Å². The Hall–Kier alpha value is -2.32. The molecule has 0 aliphatic rings. The first-order chi connectivity index (χ1) is 11.9. The fourth-order valence-corrected chi connectivity index (χ4v) is 4.05. The van der Waals surface area contributed by atoms with Crippen LogP contribution in [0.4, 0.5) is 5.69 Å². The molecular formula is C20H24N2O2S. The Morgan fingerprint density at radius 1 is 1.08 bits per heavy atom. The molecule has 0 aromatic heterocycles. The van der Waals surface area contributed by atoms with Gasteiger partial charge in [-0.15, -0.1) is 0 Å². The summed E-state index contributed by atoms with van der Waals surface area (Å²) >= 11 is 0. The van der Waals surface area contributed by atoms with Gasteiger partial charge >= 0.3 is 0 Å². The van der Waals surface area contributed by atoms with Gasteiger partial charge in [-0.3, -0.25) is 4.31 Å². The molecular weight excluding hydrogens is 332 g/mol. The van der Waals surface area contributed by atoms with Gasteiger partial charge < -0.3 is 0 Å². The van der Waals surface area contributed by atoms with Crippen molar-refractivity contribution in [2.45, 2.75) is 44.4 Å². The molecule has 2 rings (SSSR count). The number of nitrogens with zero attached hydrogens (tertiary/aromatic N) is 2. The van der Waals surface area contributed by atoms with Crippen LogP contribution in [0.3, 0.4) is 0 Å². The summed E-state index contributed by atoms with van der Waals surface area (Å²) in [7, 11) is -3.71. The minimum Gasteiger partial charge on any atom is -0.265 e. The molecule has 132 valence electrons. The predicted octanol–water partition coefficient (Wildman–Crippen LogP) is 4.62. The number of benzene rings is 2. The van der Waals surface area contributed by atoms with Crippen molar-refractivity contribution in [3.05, 3.63) is 59.7 Å². The third-order valence-electron chi connectivity index (χ3n) is 4.40. The van der Waals surface area contributed by atoms with E-state index in [0.29, 0.717) is 11.6 Å². The Morgan fingerprint density at radius 2 is 1.68 bits per heavy atom. The molecule has 0 amide bonds. The maximum atomic E-state index is 13.1. The van der Waals surface area contributed by atoms with E-state index >= 15 is 0 Å². The van der Waals surface area contributed by atoms with Crippen molar-refractivity contribution in [2.24, 2.45) is 0 Å².